The third-order valence-corrected chi connectivity index (χ3v) is 17.7. The smallest absolute Gasteiger partial charge is 0.309 e. The minimum absolute atomic E-state index is 0.0174. The molecule has 10 atom stereocenters. The Morgan fingerprint density at radius 1 is 0.852 bits per heavy atom. The number of H-pyrrole nitrogens is 1. The van der Waals surface area contributed by atoms with Crippen molar-refractivity contribution in [2.24, 2.45) is 56.2 Å². The first-order chi connectivity index (χ1) is 25.5. The lowest BCUT2D eigenvalue weighted by Gasteiger charge is -2.72. The molecule has 294 valence electrons. The van der Waals surface area contributed by atoms with E-state index in [4.69, 9.17) is 9.72 Å². The van der Waals surface area contributed by atoms with Crippen LogP contribution in [0.4, 0.5) is 0 Å². The SMILES string of the molecule is CC(C)(CC(=O)O[C@H]1CC[C@@]2(C)C(CC[C@]3(C)C2CC[C@@H]2[C@H]4CCC[C@]4(C(=O)N4CCC[C@H]4c4ncc(-c5ccccc5)[nH]4)CC[C@]23C)C1(C)C)C(=O)O. The first-order valence-corrected chi connectivity index (χ1v) is 21.3. The van der Waals surface area contributed by atoms with Crippen LogP contribution >= 0.6 is 0 Å². The molecule has 1 amide bonds. The lowest BCUT2D eigenvalue weighted by molar-refractivity contribution is -0.248. The van der Waals surface area contributed by atoms with Crippen LogP contribution in [0.25, 0.3) is 11.3 Å². The van der Waals surface area contributed by atoms with E-state index in [0.717, 1.165) is 81.4 Å². The van der Waals surface area contributed by atoms with Crippen LogP contribution in [0.3, 0.4) is 0 Å². The third-order valence-electron chi connectivity index (χ3n) is 17.7. The zero-order valence-electron chi connectivity index (χ0n) is 34.0. The number of aromatic nitrogens is 2. The van der Waals surface area contributed by atoms with E-state index in [-0.39, 0.29) is 45.6 Å². The summed E-state index contributed by atoms with van der Waals surface area (Å²) in [5, 5.41) is 9.62. The molecule has 1 aliphatic heterocycles. The molecule has 0 radical (unpaired) electrons. The largest absolute Gasteiger partial charge is 0.481 e. The molecule has 5 aliphatic carbocycles. The Morgan fingerprint density at radius 2 is 1.61 bits per heavy atom. The zero-order valence-corrected chi connectivity index (χ0v) is 34.0. The minimum atomic E-state index is -1.14. The van der Waals surface area contributed by atoms with Crippen LogP contribution < -0.4 is 0 Å². The first kappa shape index (κ1) is 37.7. The standard InChI is InChI=1S/C46H65N3O5/c1-41(2,40(52)53)27-37(50)54-36-20-22-43(5)34(42(36,3)4)19-23-45(7)35(43)18-17-30-31-15-11-21-46(31,25-24-44(30,45)6)39(51)49-26-12-16-33(49)38-47-28-32(48-38)29-13-9-8-10-14-29/h8-10,13-14,28,30-31,33-36H,11-12,15-27H2,1-7H3,(H,47,48)(H,52,53)/t30-,31-,33+,34?,35?,36+,43+,44-,45-,46+/m1/s1. The van der Waals surface area contributed by atoms with Gasteiger partial charge in [0.15, 0.2) is 0 Å². The normalized spacial score (nSPS) is 39.9. The number of carboxylic acid groups (broad SMARTS) is 1. The fourth-order valence-corrected chi connectivity index (χ4v) is 14.6. The average molecular weight is 740 g/mol. The molecule has 8 rings (SSSR count). The van der Waals surface area contributed by atoms with Gasteiger partial charge in [0, 0.05) is 12.0 Å². The van der Waals surface area contributed by atoms with E-state index >= 15 is 4.79 Å². The molecule has 54 heavy (non-hydrogen) atoms. The number of likely N-dealkylation sites (tertiary alicyclic amines) is 1. The highest BCUT2D eigenvalue weighted by Crippen LogP contribution is 2.77. The van der Waals surface area contributed by atoms with Gasteiger partial charge in [-0.05, 0) is 136 Å². The summed E-state index contributed by atoms with van der Waals surface area (Å²) in [4.78, 5) is 50.7. The number of nitrogens with one attached hydrogen (secondary N) is 1. The van der Waals surface area contributed by atoms with Crippen LogP contribution in [0.5, 0.6) is 0 Å². The molecule has 8 heteroatoms. The molecule has 0 bridgehead atoms. The van der Waals surface area contributed by atoms with Crippen molar-refractivity contribution >= 4 is 17.8 Å². The summed E-state index contributed by atoms with van der Waals surface area (Å²) in [6.45, 7) is 16.5. The van der Waals surface area contributed by atoms with Gasteiger partial charge in [-0.3, -0.25) is 14.4 Å². The summed E-state index contributed by atoms with van der Waals surface area (Å²) in [6, 6.07) is 10.4. The van der Waals surface area contributed by atoms with Gasteiger partial charge in [-0.25, -0.2) is 4.98 Å². The number of carbonyl (C=O) groups excluding carboxylic acids is 2. The van der Waals surface area contributed by atoms with Gasteiger partial charge in [-0.1, -0.05) is 71.4 Å². The molecule has 6 fully saturated rings. The number of amides is 1. The van der Waals surface area contributed by atoms with E-state index < -0.39 is 17.4 Å². The Kier molecular flexibility index (Phi) is 9.05. The Hall–Kier alpha value is -3.16. The highest BCUT2D eigenvalue weighted by atomic mass is 16.5. The fraction of sp³-hybridized carbons (Fsp3) is 0.739. The first-order valence-electron chi connectivity index (χ1n) is 21.3. The number of rotatable bonds is 7. The quantitative estimate of drug-likeness (QED) is 0.274. The van der Waals surface area contributed by atoms with Crippen LogP contribution in [-0.4, -0.2) is 50.5 Å². The van der Waals surface area contributed by atoms with Crippen LogP contribution in [-0.2, 0) is 19.1 Å². The molecule has 8 nitrogen and oxygen atoms in total. The number of carboxylic acids is 1. The van der Waals surface area contributed by atoms with Crippen LogP contribution in [0.15, 0.2) is 36.5 Å². The van der Waals surface area contributed by atoms with E-state index in [9.17, 15) is 14.7 Å². The number of aliphatic carboxylic acids is 1. The van der Waals surface area contributed by atoms with E-state index in [0.29, 0.717) is 29.6 Å². The van der Waals surface area contributed by atoms with Gasteiger partial charge in [0.25, 0.3) is 0 Å². The van der Waals surface area contributed by atoms with Crippen molar-refractivity contribution in [3.63, 3.8) is 0 Å². The van der Waals surface area contributed by atoms with Crippen molar-refractivity contribution in [3.8, 4) is 11.3 Å². The third kappa shape index (κ3) is 5.48. The second-order valence-electron chi connectivity index (χ2n) is 20.7. The van der Waals surface area contributed by atoms with Gasteiger partial charge < -0.3 is 19.7 Å². The molecule has 2 N–H and O–H groups in total. The number of hydrogen-bond donors (Lipinski definition) is 2. The van der Waals surface area contributed by atoms with Gasteiger partial charge in [0.1, 0.15) is 11.9 Å². The summed E-state index contributed by atoms with van der Waals surface area (Å²) in [6.07, 6.45) is 15.6. The second-order valence-corrected chi connectivity index (χ2v) is 20.7. The van der Waals surface area contributed by atoms with E-state index in [1.807, 2.05) is 12.3 Å². The number of benzene rings is 1. The maximum atomic E-state index is 15.2. The molecule has 6 aliphatic rings. The van der Waals surface area contributed by atoms with Gasteiger partial charge in [-0.15, -0.1) is 0 Å². The number of aromatic amines is 1. The zero-order chi connectivity index (χ0) is 38.5. The fourth-order valence-electron chi connectivity index (χ4n) is 14.6. The van der Waals surface area contributed by atoms with Crippen molar-refractivity contribution in [1.29, 1.82) is 0 Å². The molecule has 1 aromatic heterocycles. The molecule has 5 saturated carbocycles. The van der Waals surface area contributed by atoms with Gasteiger partial charge >= 0.3 is 11.9 Å². The Morgan fingerprint density at radius 3 is 2.35 bits per heavy atom. The van der Waals surface area contributed by atoms with Crippen LogP contribution in [0.1, 0.15) is 150 Å². The van der Waals surface area contributed by atoms with Gasteiger partial charge in [0.2, 0.25) is 5.91 Å². The van der Waals surface area contributed by atoms with Gasteiger partial charge in [-0.2, -0.15) is 0 Å². The number of nitrogens with zero attached hydrogens (tertiary/aromatic N) is 2. The number of esters is 1. The summed E-state index contributed by atoms with van der Waals surface area (Å²) in [5.74, 6) is 1.97. The summed E-state index contributed by atoms with van der Waals surface area (Å²) in [7, 11) is 0. The molecule has 2 aromatic rings. The van der Waals surface area contributed by atoms with Crippen LogP contribution in [0.2, 0.25) is 0 Å². The molecule has 1 saturated heterocycles. The maximum absolute atomic E-state index is 15.2. The predicted octanol–water partition coefficient (Wildman–Crippen LogP) is 10.0. The molecule has 2 unspecified atom stereocenters. The number of fused-ring (bicyclic) bond motifs is 7. The predicted molar refractivity (Wildman–Crippen MR) is 209 cm³/mol. The molecule has 0 spiro atoms. The van der Waals surface area contributed by atoms with Crippen molar-refractivity contribution < 1.29 is 24.2 Å². The topological polar surface area (TPSA) is 113 Å². The number of imidazole rings is 1. The average Bonchev–Trinajstić information content (AvgIpc) is 3.90. The van der Waals surface area contributed by atoms with E-state index in [1.54, 1.807) is 13.8 Å². The summed E-state index contributed by atoms with van der Waals surface area (Å²) in [5.41, 5.74) is 1.03. The second kappa shape index (κ2) is 12.9. The lowest BCUT2D eigenvalue weighted by Crippen LogP contribution is -2.67. The molecule has 1 aromatic carbocycles. The van der Waals surface area contributed by atoms with E-state index in [1.165, 1.54) is 25.7 Å². The Labute approximate surface area is 323 Å². The van der Waals surface area contributed by atoms with E-state index in [2.05, 4.69) is 68.8 Å². The van der Waals surface area contributed by atoms with Crippen molar-refractivity contribution in [3.05, 3.63) is 42.4 Å². The monoisotopic (exact) mass is 739 g/mol. The number of carbonyl (C=O) groups is 3. The number of hydrogen-bond acceptors (Lipinski definition) is 5. The molecule has 2 heterocycles. The van der Waals surface area contributed by atoms with Crippen molar-refractivity contribution in [2.75, 3.05) is 6.54 Å². The van der Waals surface area contributed by atoms with Crippen LogP contribution in [0, 0.1) is 56.2 Å². The minimum Gasteiger partial charge on any atom is -0.481 e. The van der Waals surface area contributed by atoms with Crippen molar-refractivity contribution in [1.82, 2.24) is 14.9 Å². The Bertz CT molecular complexity index is 1780. The highest BCUT2D eigenvalue weighted by Gasteiger charge is 2.71. The van der Waals surface area contributed by atoms with Crippen molar-refractivity contribution in [2.45, 2.75) is 151 Å². The maximum Gasteiger partial charge on any atom is 0.309 e. The molecular formula is C46H65N3O5. The Balaban J connectivity index is 1.01. The summed E-state index contributed by atoms with van der Waals surface area (Å²) >= 11 is 0. The molecular weight excluding hydrogens is 675 g/mol. The number of ether oxygens (including phenoxy) is 1. The highest BCUT2D eigenvalue weighted by molar-refractivity contribution is 5.84. The lowest BCUT2D eigenvalue weighted by atomic mass is 9.32. The summed E-state index contributed by atoms with van der Waals surface area (Å²) < 4.78 is 6.19. The van der Waals surface area contributed by atoms with Gasteiger partial charge in [0.05, 0.1) is 35.2 Å².